The number of carbonyl (C=O) groups excluding carboxylic acids is 1. The Balaban J connectivity index is 1.89. The highest BCUT2D eigenvalue weighted by molar-refractivity contribution is 8.01. The lowest BCUT2D eigenvalue weighted by Crippen LogP contribution is -2.32. The van der Waals surface area contributed by atoms with Gasteiger partial charge in [-0.3, -0.25) is 4.79 Å². The van der Waals surface area contributed by atoms with Gasteiger partial charge in [-0.25, -0.2) is 0 Å². The van der Waals surface area contributed by atoms with Crippen molar-refractivity contribution in [2.75, 3.05) is 5.32 Å². The van der Waals surface area contributed by atoms with Gasteiger partial charge in [0.25, 0.3) is 0 Å². The number of halogens is 1. The molecule has 1 aliphatic rings. The van der Waals surface area contributed by atoms with Crippen molar-refractivity contribution in [1.29, 1.82) is 0 Å². The first-order chi connectivity index (χ1) is 9.25. The molecule has 0 saturated heterocycles. The zero-order chi connectivity index (χ0) is 13.2. The molecule has 1 N–H and O–H groups in total. The van der Waals surface area contributed by atoms with Crippen LogP contribution < -0.4 is 5.32 Å². The van der Waals surface area contributed by atoms with E-state index in [4.69, 9.17) is 11.6 Å². The van der Waals surface area contributed by atoms with Crippen molar-refractivity contribution in [3.63, 3.8) is 0 Å². The number of nitrogens with one attached hydrogen (secondary N) is 1. The first kappa shape index (κ1) is 12.6. The molecule has 4 heteroatoms. The molecule has 0 saturated carbocycles. The van der Waals surface area contributed by atoms with Crippen LogP contribution in [0.2, 0.25) is 0 Å². The summed E-state index contributed by atoms with van der Waals surface area (Å²) in [5.41, 5.74) is 1.84. The van der Waals surface area contributed by atoms with Gasteiger partial charge in [0.05, 0.1) is 11.1 Å². The van der Waals surface area contributed by atoms with Crippen LogP contribution in [0.5, 0.6) is 0 Å². The SMILES string of the molecule is O=C1Nc2ccccc2SC1C(Cl)c1ccccc1. The van der Waals surface area contributed by atoms with Crippen molar-refractivity contribution in [3.05, 3.63) is 60.2 Å². The van der Waals surface area contributed by atoms with E-state index in [0.29, 0.717) is 0 Å². The molecule has 0 aliphatic carbocycles. The average Bonchev–Trinajstić information content (AvgIpc) is 2.47. The van der Waals surface area contributed by atoms with Crippen LogP contribution in [0.25, 0.3) is 0 Å². The van der Waals surface area contributed by atoms with Crippen molar-refractivity contribution >= 4 is 35.0 Å². The van der Waals surface area contributed by atoms with Crippen LogP contribution >= 0.6 is 23.4 Å². The van der Waals surface area contributed by atoms with Crippen LogP contribution in [0.1, 0.15) is 10.9 Å². The minimum atomic E-state index is -0.334. The van der Waals surface area contributed by atoms with Gasteiger partial charge in [0.15, 0.2) is 0 Å². The van der Waals surface area contributed by atoms with Crippen LogP contribution in [-0.4, -0.2) is 11.2 Å². The molecule has 2 unspecified atom stereocenters. The molecule has 1 heterocycles. The highest BCUT2D eigenvalue weighted by Gasteiger charge is 2.33. The molecule has 2 aromatic carbocycles. The van der Waals surface area contributed by atoms with Crippen LogP contribution in [0.4, 0.5) is 5.69 Å². The Hall–Kier alpha value is -1.45. The minimum absolute atomic E-state index is 0.0347. The molecule has 0 bridgehead atoms. The van der Waals surface area contributed by atoms with Crippen molar-refractivity contribution < 1.29 is 4.79 Å². The molecule has 96 valence electrons. The Morgan fingerprint density at radius 1 is 1.05 bits per heavy atom. The fraction of sp³-hybridized carbons (Fsp3) is 0.133. The standard InChI is InChI=1S/C15H12ClNOS/c16-13(10-6-2-1-3-7-10)14-15(18)17-11-8-4-5-9-12(11)19-14/h1-9,13-14H,(H,17,18). The zero-order valence-electron chi connectivity index (χ0n) is 10.0. The summed E-state index contributed by atoms with van der Waals surface area (Å²) in [6.45, 7) is 0. The lowest BCUT2D eigenvalue weighted by Gasteiger charge is -2.27. The van der Waals surface area contributed by atoms with E-state index in [2.05, 4.69) is 5.32 Å². The molecule has 1 aliphatic heterocycles. The number of alkyl halides is 1. The summed E-state index contributed by atoms with van der Waals surface area (Å²) in [7, 11) is 0. The maximum absolute atomic E-state index is 12.2. The fourth-order valence-electron chi connectivity index (χ4n) is 2.07. The van der Waals surface area contributed by atoms with E-state index in [9.17, 15) is 4.79 Å². The Kier molecular flexibility index (Phi) is 3.49. The Morgan fingerprint density at radius 2 is 1.74 bits per heavy atom. The van der Waals surface area contributed by atoms with Gasteiger partial charge in [-0.1, -0.05) is 42.5 Å². The molecule has 2 atom stereocenters. The second-order valence-electron chi connectivity index (χ2n) is 4.34. The number of amides is 1. The first-order valence-corrected chi connectivity index (χ1v) is 7.33. The number of hydrogen-bond acceptors (Lipinski definition) is 2. The minimum Gasteiger partial charge on any atom is -0.324 e. The molecule has 19 heavy (non-hydrogen) atoms. The van der Waals surface area contributed by atoms with Gasteiger partial charge in [-0.15, -0.1) is 23.4 Å². The number of benzene rings is 2. The highest BCUT2D eigenvalue weighted by Crippen LogP contribution is 2.42. The number of thioether (sulfide) groups is 1. The summed E-state index contributed by atoms with van der Waals surface area (Å²) in [5.74, 6) is -0.0347. The topological polar surface area (TPSA) is 29.1 Å². The number of para-hydroxylation sites is 1. The van der Waals surface area contributed by atoms with Gasteiger partial charge >= 0.3 is 0 Å². The van der Waals surface area contributed by atoms with Gasteiger partial charge in [0, 0.05) is 4.90 Å². The third-order valence-corrected chi connectivity index (χ3v) is 5.04. The van der Waals surface area contributed by atoms with E-state index in [1.54, 1.807) is 0 Å². The summed E-state index contributed by atoms with van der Waals surface area (Å²) < 4.78 is 0. The lowest BCUT2D eigenvalue weighted by molar-refractivity contribution is -0.115. The molecule has 1 amide bonds. The molecular formula is C15H12ClNOS. The molecule has 0 radical (unpaired) electrons. The second kappa shape index (κ2) is 5.27. The number of carbonyl (C=O) groups is 1. The van der Waals surface area contributed by atoms with E-state index in [1.165, 1.54) is 11.8 Å². The Morgan fingerprint density at radius 3 is 2.53 bits per heavy atom. The maximum atomic E-state index is 12.2. The van der Waals surface area contributed by atoms with Gasteiger partial charge in [0.1, 0.15) is 5.25 Å². The molecule has 2 nitrogen and oxygen atoms in total. The molecule has 3 rings (SSSR count). The average molecular weight is 290 g/mol. The van der Waals surface area contributed by atoms with Crippen molar-refractivity contribution in [1.82, 2.24) is 0 Å². The summed E-state index contributed by atoms with van der Waals surface area (Å²) >= 11 is 7.99. The van der Waals surface area contributed by atoms with Gasteiger partial charge in [0.2, 0.25) is 5.91 Å². The predicted molar refractivity (Wildman–Crippen MR) is 79.8 cm³/mol. The number of fused-ring (bicyclic) bond motifs is 1. The van der Waals surface area contributed by atoms with Gasteiger partial charge in [-0.2, -0.15) is 0 Å². The second-order valence-corrected chi connectivity index (χ2v) is 5.99. The Bertz CT molecular complexity index is 602. The van der Waals surface area contributed by atoms with Gasteiger partial charge in [-0.05, 0) is 17.7 Å². The summed E-state index contributed by atoms with van der Waals surface area (Å²) in [5, 5.41) is 2.28. The largest absolute Gasteiger partial charge is 0.324 e. The van der Waals surface area contributed by atoms with E-state index >= 15 is 0 Å². The monoisotopic (exact) mass is 289 g/mol. The number of anilines is 1. The third-order valence-electron chi connectivity index (χ3n) is 3.04. The quantitative estimate of drug-likeness (QED) is 0.844. The van der Waals surface area contributed by atoms with Crippen LogP contribution in [0.15, 0.2) is 59.5 Å². The van der Waals surface area contributed by atoms with Crippen LogP contribution in [0.3, 0.4) is 0 Å². The van der Waals surface area contributed by atoms with E-state index in [-0.39, 0.29) is 16.5 Å². The van der Waals surface area contributed by atoms with Crippen LogP contribution in [-0.2, 0) is 4.79 Å². The molecule has 0 aromatic heterocycles. The lowest BCUT2D eigenvalue weighted by atomic mass is 10.1. The molecule has 0 fully saturated rings. The maximum Gasteiger partial charge on any atom is 0.239 e. The molecule has 2 aromatic rings. The van der Waals surface area contributed by atoms with Crippen molar-refractivity contribution in [3.8, 4) is 0 Å². The van der Waals surface area contributed by atoms with Crippen LogP contribution in [0, 0.1) is 0 Å². The normalized spacial score (nSPS) is 19.4. The van der Waals surface area contributed by atoms with Crippen molar-refractivity contribution in [2.45, 2.75) is 15.5 Å². The third kappa shape index (κ3) is 2.48. The smallest absolute Gasteiger partial charge is 0.239 e. The summed E-state index contributed by atoms with van der Waals surface area (Å²) in [6, 6.07) is 17.5. The van der Waals surface area contributed by atoms with E-state index < -0.39 is 0 Å². The van der Waals surface area contributed by atoms with E-state index in [1.807, 2.05) is 54.6 Å². The Labute approximate surface area is 121 Å². The van der Waals surface area contributed by atoms with Gasteiger partial charge < -0.3 is 5.32 Å². The fourth-order valence-corrected chi connectivity index (χ4v) is 3.60. The predicted octanol–water partition coefficient (Wildman–Crippen LogP) is 4.08. The zero-order valence-corrected chi connectivity index (χ0v) is 11.6. The van der Waals surface area contributed by atoms with Crippen molar-refractivity contribution in [2.24, 2.45) is 0 Å². The van der Waals surface area contributed by atoms with E-state index in [0.717, 1.165) is 16.1 Å². The molecular weight excluding hydrogens is 278 g/mol. The molecule has 0 spiro atoms. The number of hydrogen-bond donors (Lipinski definition) is 1. The highest BCUT2D eigenvalue weighted by atomic mass is 35.5. The first-order valence-electron chi connectivity index (χ1n) is 6.01. The number of rotatable bonds is 2. The summed E-state index contributed by atoms with van der Waals surface area (Å²) in [6.07, 6.45) is 0. The summed E-state index contributed by atoms with van der Waals surface area (Å²) in [4.78, 5) is 13.2.